The number of amides is 1. The molecular weight excluding hydrogens is 284 g/mol. The van der Waals surface area contributed by atoms with Gasteiger partial charge >= 0.3 is 0 Å². The molecule has 5 nitrogen and oxygen atoms in total. The Morgan fingerprint density at radius 2 is 2.00 bits per heavy atom. The Hall–Kier alpha value is -2.08. The fraction of sp³-hybridized carbons (Fsp3) is 0.267. The van der Waals surface area contributed by atoms with Crippen molar-refractivity contribution in [2.45, 2.75) is 18.6 Å². The number of hydrogen-bond acceptors (Lipinski definition) is 5. The van der Waals surface area contributed by atoms with Gasteiger partial charge in [-0.2, -0.15) is 0 Å². The first-order chi connectivity index (χ1) is 10.0. The molecule has 0 radical (unpaired) electrons. The number of carbonyl (C=O) groups excluding carboxylic acids is 1. The highest BCUT2D eigenvalue weighted by Crippen LogP contribution is 2.16. The fourth-order valence-corrected chi connectivity index (χ4v) is 2.66. The molecule has 0 aliphatic carbocycles. The van der Waals surface area contributed by atoms with Crippen LogP contribution in [0.5, 0.6) is 0 Å². The van der Waals surface area contributed by atoms with Crippen molar-refractivity contribution in [2.75, 3.05) is 18.5 Å². The number of benzene rings is 1. The summed E-state index contributed by atoms with van der Waals surface area (Å²) in [7, 11) is 1.79. The average Bonchev–Trinajstić information content (AvgIpc) is 2.44. The van der Waals surface area contributed by atoms with Crippen molar-refractivity contribution in [2.24, 2.45) is 0 Å². The standard InChI is InChI=1S/C15H18N4OS/c1-11-8-13(16)18-15(17-11)21-10-14(20)19(2)9-12-6-4-3-5-7-12/h3-8H,9-10H2,1-2H3,(H2,16,17,18). The summed E-state index contributed by atoms with van der Waals surface area (Å²) in [5.74, 6) is 0.759. The van der Waals surface area contributed by atoms with Crippen LogP contribution in [0.3, 0.4) is 0 Å². The van der Waals surface area contributed by atoms with Gasteiger partial charge in [0.05, 0.1) is 5.75 Å². The number of nitrogens with zero attached hydrogens (tertiary/aromatic N) is 3. The van der Waals surface area contributed by atoms with Crippen molar-refractivity contribution >= 4 is 23.5 Å². The monoisotopic (exact) mass is 302 g/mol. The topological polar surface area (TPSA) is 72.1 Å². The van der Waals surface area contributed by atoms with E-state index in [1.807, 2.05) is 37.3 Å². The van der Waals surface area contributed by atoms with E-state index in [-0.39, 0.29) is 5.91 Å². The van der Waals surface area contributed by atoms with Crippen LogP contribution in [0.15, 0.2) is 41.6 Å². The van der Waals surface area contributed by atoms with Crippen molar-refractivity contribution in [3.05, 3.63) is 47.7 Å². The van der Waals surface area contributed by atoms with E-state index in [0.29, 0.717) is 23.3 Å². The molecule has 110 valence electrons. The molecule has 0 saturated heterocycles. The zero-order valence-corrected chi connectivity index (χ0v) is 12.9. The predicted molar refractivity (Wildman–Crippen MR) is 84.8 cm³/mol. The van der Waals surface area contributed by atoms with E-state index >= 15 is 0 Å². The largest absolute Gasteiger partial charge is 0.384 e. The molecule has 0 unspecified atom stereocenters. The van der Waals surface area contributed by atoms with Gasteiger partial charge in [-0.3, -0.25) is 4.79 Å². The summed E-state index contributed by atoms with van der Waals surface area (Å²) >= 11 is 1.30. The molecule has 0 saturated carbocycles. The molecule has 0 bridgehead atoms. The normalized spacial score (nSPS) is 10.4. The molecule has 2 aromatic rings. The Bertz CT molecular complexity index is 598. The molecular formula is C15H18N4OS. The molecule has 0 spiro atoms. The zero-order chi connectivity index (χ0) is 15.2. The van der Waals surface area contributed by atoms with E-state index in [9.17, 15) is 4.79 Å². The highest BCUT2D eigenvalue weighted by atomic mass is 32.2. The van der Waals surface area contributed by atoms with Gasteiger partial charge in [-0.05, 0) is 12.5 Å². The van der Waals surface area contributed by atoms with Gasteiger partial charge in [-0.25, -0.2) is 9.97 Å². The van der Waals surface area contributed by atoms with Gasteiger partial charge in [-0.1, -0.05) is 42.1 Å². The van der Waals surface area contributed by atoms with Gasteiger partial charge in [0.25, 0.3) is 0 Å². The van der Waals surface area contributed by atoms with Crippen LogP contribution in [0.25, 0.3) is 0 Å². The Balaban J connectivity index is 1.89. The van der Waals surface area contributed by atoms with E-state index < -0.39 is 0 Å². The minimum atomic E-state index is 0.0348. The number of hydrogen-bond donors (Lipinski definition) is 1. The Kier molecular flexibility index (Phi) is 5.16. The first kappa shape index (κ1) is 15.3. The molecule has 6 heteroatoms. The third-order valence-corrected chi connectivity index (χ3v) is 3.70. The van der Waals surface area contributed by atoms with Gasteiger partial charge in [0, 0.05) is 25.4 Å². The summed E-state index contributed by atoms with van der Waals surface area (Å²) < 4.78 is 0. The number of nitrogens with two attached hydrogens (primary N) is 1. The summed E-state index contributed by atoms with van der Waals surface area (Å²) in [6.07, 6.45) is 0. The number of carbonyl (C=O) groups is 1. The van der Waals surface area contributed by atoms with Crippen molar-refractivity contribution < 1.29 is 4.79 Å². The molecule has 0 fully saturated rings. The average molecular weight is 302 g/mol. The quantitative estimate of drug-likeness (QED) is 0.676. The maximum Gasteiger partial charge on any atom is 0.233 e. The Labute approximate surface area is 128 Å². The number of aromatic nitrogens is 2. The summed E-state index contributed by atoms with van der Waals surface area (Å²) in [6, 6.07) is 11.6. The van der Waals surface area contributed by atoms with Gasteiger partial charge in [0.1, 0.15) is 5.82 Å². The fourth-order valence-electron chi connectivity index (χ4n) is 1.81. The van der Waals surface area contributed by atoms with Crippen molar-refractivity contribution in [3.8, 4) is 0 Å². The molecule has 2 rings (SSSR count). The predicted octanol–water partition coefficient (Wildman–Crippen LogP) is 2.12. The van der Waals surface area contributed by atoms with Gasteiger partial charge < -0.3 is 10.6 Å². The molecule has 0 atom stereocenters. The lowest BCUT2D eigenvalue weighted by molar-refractivity contribution is -0.127. The van der Waals surface area contributed by atoms with E-state index in [0.717, 1.165) is 11.3 Å². The first-order valence-corrected chi connectivity index (χ1v) is 7.55. The minimum Gasteiger partial charge on any atom is -0.384 e. The van der Waals surface area contributed by atoms with Crippen LogP contribution in [-0.2, 0) is 11.3 Å². The third-order valence-electron chi connectivity index (χ3n) is 2.87. The van der Waals surface area contributed by atoms with Gasteiger partial charge in [0.2, 0.25) is 5.91 Å². The smallest absolute Gasteiger partial charge is 0.233 e. The van der Waals surface area contributed by atoms with E-state index in [4.69, 9.17) is 5.73 Å². The van der Waals surface area contributed by atoms with Crippen molar-refractivity contribution in [1.29, 1.82) is 0 Å². The van der Waals surface area contributed by atoms with E-state index in [1.54, 1.807) is 18.0 Å². The summed E-state index contributed by atoms with van der Waals surface area (Å²) in [6.45, 7) is 2.45. The van der Waals surface area contributed by atoms with Gasteiger partial charge in [-0.15, -0.1) is 0 Å². The highest BCUT2D eigenvalue weighted by molar-refractivity contribution is 7.99. The lowest BCUT2D eigenvalue weighted by atomic mass is 10.2. The van der Waals surface area contributed by atoms with Crippen LogP contribution >= 0.6 is 11.8 Å². The second-order valence-electron chi connectivity index (χ2n) is 4.74. The van der Waals surface area contributed by atoms with Crippen LogP contribution in [0.1, 0.15) is 11.3 Å². The molecule has 1 aromatic carbocycles. The first-order valence-electron chi connectivity index (χ1n) is 6.56. The van der Waals surface area contributed by atoms with Crippen LogP contribution in [0, 0.1) is 6.92 Å². The van der Waals surface area contributed by atoms with Crippen LogP contribution in [0.2, 0.25) is 0 Å². The number of thioether (sulfide) groups is 1. The van der Waals surface area contributed by atoms with Crippen LogP contribution in [0.4, 0.5) is 5.82 Å². The molecule has 0 aliphatic rings. The maximum absolute atomic E-state index is 12.1. The Morgan fingerprint density at radius 3 is 2.67 bits per heavy atom. The van der Waals surface area contributed by atoms with E-state index in [1.165, 1.54) is 11.8 Å². The zero-order valence-electron chi connectivity index (χ0n) is 12.1. The Morgan fingerprint density at radius 1 is 1.29 bits per heavy atom. The number of rotatable bonds is 5. The van der Waals surface area contributed by atoms with Crippen LogP contribution in [-0.4, -0.2) is 33.6 Å². The second-order valence-corrected chi connectivity index (χ2v) is 5.68. The molecule has 2 N–H and O–H groups in total. The third kappa shape index (κ3) is 4.75. The molecule has 21 heavy (non-hydrogen) atoms. The SMILES string of the molecule is Cc1cc(N)nc(SCC(=O)N(C)Cc2ccccc2)n1. The second kappa shape index (κ2) is 7.08. The van der Waals surface area contributed by atoms with Crippen LogP contribution < -0.4 is 5.73 Å². The van der Waals surface area contributed by atoms with Crippen molar-refractivity contribution in [3.63, 3.8) is 0 Å². The highest BCUT2D eigenvalue weighted by Gasteiger charge is 2.11. The molecule has 1 amide bonds. The number of anilines is 1. The number of nitrogen functional groups attached to an aromatic ring is 1. The maximum atomic E-state index is 12.1. The molecule has 1 heterocycles. The minimum absolute atomic E-state index is 0.0348. The lowest BCUT2D eigenvalue weighted by Crippen LogP contribution is -2.27. The van der Waals surface area contributed by atoms with E-state index in [2.05, 4.69) is 9.97 Å². The molecule has 0 aliphatic heterocycles. The summed E-state index contributed by atoms with van der Waals surface area (Å²) in [5.41, 5.74) is 7.57. The lowest BCUT2D eigenvalue weighted by Gasteiger charge is -2.16. The molecule has 1 aromatic heterocycles. The van der Waals surface area contributed by atoms with Crippen molar-refractivity contribution in [1.82, 2.24) is 14.9 Å². The van der Waals surface area contributed by atoms with Gasteiger partial charge in [0.15, 0.2) is 5.16 Å². The summed E-state index contributed by atoms with van der Waals surface area (Å²) in [4.78, 5) is 22.2. The summed E-state index contributed by atoms with van der Waals surface area (Å²) in [5, 5.41) is 0.536. The number of aryl methyl sites for hydroxylation is 1.